The summed E-state index contributed by atoms with van der Waals surface area (Å²) >= 11 is 0. The van der Waals surface area contributed by atoms with Gasteiger partial charge in [0.15, 0.2) is 5.65 Å². The average Bonchev–Trinajstić information content (AvgIpc) is 3.06. The van der Waals surface area contributed by atoms with Crippen LogP contribution in [-0.4, -0.2) is 38.7 Å². The summed E-state index contributed by atoms with van der Waals surface area (Å²) in [5.41, 5.74) is -0.159. The lowest BCUT2D eigenvalue weighted by Crippen LogP contribution is -2.31. The molecular weight excluding hydrogens is 309 g/mol. The third-order valence-corrected chi connectivity index (χ3v) is 4.05. The first-order chi connectivity index (χ1) is 10.8. The minimum atomic E-state index is -4.48. The number of aromatic nitrogens is 3. The van der Waals surface area contributed by atoms with Gasteiger partial charge < -0.3 is 4.90 Å². The van der Waals surface area contributed by atoms with E-state index in [0.29, 0.717) is 13.1 Å². The van der Waals surface area contributed by atoms with Gasteiger partial charge in [-0.1, -0.05) is 0 Å². The molecule has 2 aromatic heterocycles. The number of rotatable bonds is 2. The molecule has 0 bridgehead atoms. The highest BCUT2D eigenvalue weighted by Crippen LogP contribution is 2.36. The van der Waals surface area contributed by atoms with E-state index in [9.17, 15) is 18.0 Å². The molecule has 0 unspecified atom stereocenters. The van der Waals surface area contributed by atoms with Gasteiger partial charge in [-0.2, -0.15) is 18.3 Å². The SMILES string of the molecule is Cc1cc(C(F)(F)F)c2c(C)nn(CC(=O)N3CCCC3)c2n1. The minimum absolute atomic E-state index is 0.0303. The van der Waals surface area contributed by atoms with Crippen LogP contribution in [0.25, 0.3) is 11.0 Å². The topological polar surface area (TPSA) is 51.0 Å². The fourth-order valence-corrected chi connectivity index (χ4v) is 3.01. The Morgan fingerprint density at radius 1 is 1.26 bits per heavy atom. The molecule has 1 aliphatic heterocycles. The summed E-state index contributed by atoms with van der Waals surface area (Å²) in [6, 6.07) is 1.02. The highest BCUT2D eigenvalue weighted by atomic mass is 19.4. The summed E-state index contributed by atoms with van der Waals surface area (Å²) in [6.45, 7) is 4.31. The predicted octanol–water partition coefficient (Wildman–Crippen LogP) is 2.69. The van der Waals surface area contributed by atoms with Crippen LogP contribution in [0.3, 0.4) is 0 Å². The van der Waals surface area contributed by atoms with Crippen LogP contribution >= 0.6 is 0 Å². The summed E-state index contributed by atoms with van der Waals surface area (Å²) in [4.78, 5) is 18.1. The van der Waals surface area contributed by atoms with E-state index in [1.165, 1.54) is 18.5 Å². The van der Waals surface area contributed by atoms with Crippen LogP contribution in [0.4, 0.5) is 13.2 Å². The predicted molar refractivity (Wildman–Crippen MR) is 77.8 cm³/mol. The van der Waals surface area contributed by atoms with Gasteiger partial charge in [-0.3, -0.25) is 4.79 Å². The lowest BCUT2D eigenvalue weighted by molar-refractivity contribution is -0.136. The molecule has 0 radical (unpaired) electrons. The van der Waals surface area contributed by atoms with Crippen molar-refractivity contribution in [3.8, 4) is 0 Å². The zero-order valence-corrected chi connectivity index (χ0v) is 12.9. The second-order valence-electron chi connectivity index (χ2n) is 5.84. The molecular formula is C15H17F3N4O. The molecule has 3 rings (SSSR count). The van der Waals surface area contributed by atoms with Gasteiger partial charge in [0.1, 0.15) is 6.54 Å². The lowest BCUT2D eigenvalue weighted by Gasteiger charge is -2.15. The Morgan fingerprint density at radius 3 is 2.52 bits per heavy atom. The van der Waals surface area contributed by atoms with Crippen molar-refractivity contribution in [3.63, 3.8) is 0 Å². The fourth-order valence-electron chi connectivity index (χ4n) is 3.01. The fraction of sp³-hybridized carbons (Fsp3) is 0.533. The van der Waals surface area contributed by atoms with Gasteiger partial charge in [0.25, 0.3) is 0 Å². The summed E-state index contributed by atoms with van der Waals surface area (Å²) in [5, 5.41) is 4.09. The molecule has 3 heterocycles. The summed E-state index contributed by atoms with van der Waals surface area (Å²) < 4.78 is 41.1. The van der Waals surface area contributed by atoms with E-state index < -0.39 is 11.7 Å². The molecule has 0 spiro atoms. The Balaban J connectivity index is 2.05. The smallest absolute Gasteiger partial charge is 0.341 e. The largest absolute Gasteiger partial charge is 0.417 e. The summed E-state index contributed by atoms with van der Waals surface area (Å²) in [7, 11) is 0. The van der Waals surface area contributed by atoms with Gasteiger partial charge in [-0.15, -0.1) is 0 Å². The number of carbonyl (C=O) groups is 1. The van der Waals surface area contributed by atoms with E-state index in [4.69, 9.17) is 0 Å². The number of fused-ring (bicyclic) bond motifs is 1. The van der Waals surface area contributed by atoms with Crippen LogP contribution in [0, 0.1) is 13.8 Å². The normalized spacial score (nSPS) is 15.6. The Hall–Kier alpha value is -2.12. The van der Waals surface area contributed by atoms with Crippen molar-refractivity contribution in [2.75, 3.05) is 13.1 Å². The van der Waals surface area contributed by atoms with E-state index in [0.717, 1.165) is 18.9 Å². The molecule has 0 atom stereocenters. The molecule has 124 valence electrons. The van der Waals surface area contributed by atoms with Crippen LogP contribution in [0.15, 0.2) is 6.07 Å². The number of likely N-dealkylation sites (tertiary alicyclic amines) is 1. The molecule has 1 aliphatic rings. The number of pyridine rings is 1. The molecule has 8 heteroatoms. The zero-order chi connectivity index (χ0) is 16.8. The van der Waals surface area contributed by atoms with Crippen molar-refractivity contribution in [2.24, 2.45) is 0 Å². The first kappa shape index (κ1) is 15.8. The number of hydrogen-bond acceptors (Lipinski definition) is 3. The van der Waals surface area contributed by atoms with Gasteiger partial charge in [-0.05, 0) is 32.8 Å². The molecule has 1 fully saturated rings. The summed E-state index contributed by atoms with van der Waals surface area (Å²) in [6.07, 6.45) is -2.57. The molecule has 0 saturated carbocycles. The van der Waals surface area contributed by atoms with Crippen LogP contribution in [0.5, 0.6) is 0 Å². The number of nitrogens with zero attached hydrogens (tertiary/aromatic N) is 4. The van der Waals surface area contributed by atoms with Gasteiger partial charge in [0, 0.05) is 18.8 Å². The highest BCUT2D eigenvalue weighted by Gasteiger charge is 2.35. The minimum Gasteiger partial charge on any atom is -0.341 e. The van der Waals surface area contributed by atoms with Crippen molar-refractivity contribution in [2.45, 2.75) is 39.4 Å². The lowest BCUT2D eigenvalue weighted by atomic mass is 10.1. The van der Waals surface area contributed by atoms with E-state index in [1.807, 2.05) is 0 Å². The maximum absolute atomic E-state index is 13.3. The number of amides is 1. The average molecular weight is 326 g/mol. The Bertz CT molecular complexity index is 760. The number of carbonyl (C=O) groups excluding carboxylic acids is 1. The van der Waals surface area contributed by atoms with Crippen LogP contribution in [0.2, 0.25) is 0 Å². The Kier molecular flexibility index (Phi) is 3.77. The number of alkyl halides is 3. The zero-order valence-electron chi connectivity index (χ0n) is 12.9. The third kappa shape index (κ3) is 2.89. The molecule has 0 aromatic carbocycles. The van der Waals surface area contributed by atoms with Gasteiger partial charge >= 0.3 is 6.18 Å². The summed E-state index contributed by atoms with van der Waals surface area (Å²) in [5.74, 6) is -0.135. The van der Waals surface area contributed by atoms with Crippen LogP contribution in [-0.2, 0) is 17.5 Å². The maximum Gasteiger partial charge on any atom is 0.417 e. The first-order valence-corrected chi connectivity index (χ1v) is 7.47. The van der Waals surface area contributed by atoms with Crippen LogP contribution < -0.4 is 0 Å². The highest BCUT2D eigenvalue weighted by molar-refractivity contribution is 5.85. The maximum atomic E-state index is 13.3. The first-order valence-electron chi connectivity index (χ1n) is 7.47. The monoisotopic (exact) mass is 326 g/mol. The van der Waals surface area contributed by atoms with Crippen LogP contribution in [0.1, 0.15) is 29.8 Å². The molecule has 1 amide bonds. The second-order valence-corrected chi connectivity index (χ2v) is 5.84. The van der Waals surface area contributed by atoms with Crippen molar-refractivity contribution < 1.29 is 18.0 Å². The number of aryl methyl sites for hydroxylation is 2. The van der Waals surface area contributed by atoms with Crippen molar-refractivity contribution in [3.05, 3.63) is 23.0 Å². The van der Waals surface area contributed by atoms with Gasteiger partial charge in [0.05, 0.1) is 16.6 Å². The molecule has 23 heavy (non-hydrogen) atoms. The molecule has 2 aromatic rings. The van der Waals surface area contributed by atoms with Gasteiger partial charge in [0.2, 0.25) is 5.91 Å². The molecule has 0 aliphatic carbocycles. The quantitative estimate of drug-likeness (QED) is 0.852. The Labute approximate surface area is 131 Å². The molecule has 5 nitrogen and oxygen atoms in total. The van der Waals surface area contributed by atoms with Gasteiger partial charge in [-0.25, -0.2) is 9.67 Å². The second kappa shape index (κ2) is 5.50. The third-order valence-electron chi connectivity index (χ3n) is 4.05. The standard InChI is InChI=1S/C15H17F3N4O/c1-9-7-11(15(16,17)18)13-10(2)20-22(14(13)19-9)8-12(23)21-5-3-4-6-21/h7H,3-6,8H2,1-2H3. The van der Waals surface area contributed by atoms with Crippen molar-refractivity contribution in [1.29, 1.82) is 0 Å². The van der Waals surface area contributed by atoms with E-state index in [1.54, 1.807) is 4.90 Å². The van der Waals surface area contributed by atoms with E-state index in [-0.39, 0.29) is 34.9 Å². The van der Waals surface area contributed by atoms with Crippen molar-refractivity contribution in [1.82, 2.24) is 19.7 Å². The number of halogens is 3. The van der Waals surface area contributed by atoms with Crippen molar-refractivity contribution >= 4 is 16.9 Å². The van der Waals surface area contributed by atoms with E-state index in [2.05, 4.69) is 10.1 Å². The molecule has 1 saturated heterocycles. The Morgan fingerprint density at radius 2 is 1.91 bits per heavy atom. The molecule has 0 N–H and O–H groups in total. The number of hydrogen-bond donors (Lipinski definition) is 0. The van der Waals surface area contributed by atoms with E-state index >= 15 is 0 Å².